The van der Waals surface area contributed by atoms with Gasteiger partial charge in [0.15, 0.2) is 0 Å². The molecule has 0 aromatic heterocycles. The third-order valence-electron chi connectivity index (χ3n) is 0.252. The lowest BCUT2D eigenvalue weighted by molar-refractivity contribution is -0.287. The lowest BCUT2D eigenvalue weighted by Gasteiger charge is -2.38. The Morgan fingerprint density at radius 2 is 1.09 bits per heavy atom. The Morgan fingerprint density at radius 3 is 1.09 bits per heavy atom. The van der Waals surface area contributed by atoms with Crippen molar-refractivity contribution in [1.82, 2.24) is 0 Å². The average molecular weight is 212 g/mol. The first-order valence-corrected chi connectivity index (χ1v) is 3.59. The van der Waals surface area contributed by atoms with E-state index in [1.165, 1.54) is 0 Å². The number of rotatable bonds is 1. The summed E-state index contributed by atoms with van der Waals surface area (Å²) < 4.78 is 86.6. The van der Waals surface area contributed by atoms with Crippen molar-refractivity contribution in [2.45, 2.75) is 6.36 Å². The molecule has 0 aliphatic rings. The molecular weight excluding hydrogens is 212 g/mol. The van der Waals surface area contributed by atoms with E-state index < -0.39 is 16.9 Å². The largest absolute Gasteiger partial charge is 0.539 e. The summed E-state index contributed by atoms with van der Waals surface area (Å²) in [5.74, 6) is 0. The van der Waals surface area contributed by atoms with Gasteiger partial charge in [-0.05, 0) is 0 Å². The molecule has 0 atom stereocenters. The van der Waals surface area contributed by atoms with Crippen LogP contribution in [0.5, 0.6) is 0 Å². The standard InChI is InChI=1S/CF8OS/c2-1(3,4)10-11(5,6,7,8)9. The van der Waals surface area contributed by atoms with E-state index in [9.17, 15) is 32.6 Å². The van der Waals surface area contributed by atoms with Crippen LogP contribution in [0.2, 0.25) is 0 Å². The van der Waals surface area contributed by atoms with Gasteiger partial charge in [0, 0.05) is 0 Å². The van der Waals surface area contributed by atoms with Crippen molar-refractivity contribution in [1.29, 1.82) is 0 Å². The van der Waals surface area contributed by atoms with Crippen LogP contribution in [-0.4, -0.2) is 6.36 Å². The predicted octanol–water partition coefficient (Wildman–Crippen LogP) is 3.74. The maximum Gasteiger partial charge on any atom is 0.539 e. The second-order valence-corrected chi connectivity index (χ2v) is 3.39. The molecule has 10 heteroatoms. The molecule has 72 valence electrons. The van der Waals surface area contributed by atoms with Crippen LogP contribution in [0.4, 0.5) is 32.6 Å². The van der Waals surface area contributed by atoms with E-state index in [2.05, 4.69) is 0 Å². The van der Waals surface area contributed by atoms with Gasteiger partial charge < -0.3 is 0 Å². The Bertz CT molecular complexity index is 156. The molecule has 0 bridgehead atoms. The van der Waals surface area contributed by atoms with Crippen LogP contribution in [0.3, 0.4) is 0 Å². The molecule has 0 heterocycles. The highest BCUT2D eigenvalue weighted by atomic mass is 32.5. The number of hydrogen-bond donors (Lipinski definition) is 0. The summed E-state index contributed by atoms with van der Waals surface area (Å²) >= 11 is 0. The van der Waals surface area contributed by atoms with Gasteiger partial charge in [0.05, 0.1) is 0 Å². The van der Waals surface area contributed by atoms with Gasteiger partial charge in [-0.25, -0.2) is 0 Å². The number of halogens is 8. The van der Waals surface area contributed by atoms with Gasteiger partial charge in [0.25, 0.3) is 0 Å². The zero-order valence-corrected chi connectivity index (χ0v) is 5.16. The molecule has 0 rings (SSSR count). The van der Waals surface area contributed by atoms with E-state index in [4.69, 9.17) is 0 Å². The first-order valence-electron chi connectivity index (χ1n) is 1.71. The highest BCUT2D eigenvalue weighted by molar-refractivity contribution is 8.42. The fourth-order valence-corrected chi connectivity index (χ4v) is 0.536. The molecule has 0 N–H and O–H groups in total. The second-order valence-electron chi connectivity index (χ2n) is 1.43. The molecule has 0 spiro atoms. The van der Waals surface area contributed by atoms with Crippen LogP contribution in [-0.2, 0) is 4.18 Å². The number of hydrogen-bond acceptors (Lipinski definition) is 1. The van der Waals surface area contributed by atoms with Crippen molar-refractivity contribution in [3.8, 4) is 0 Å². The van der Waals surface area contributed by atoms with E-state index in [0.29, 0.717) is 0 Å². The number of alkyl halides is 3. The minimum Gasteiger partial charge on any atom is -0.143 e. The van der Waals surface area contributed by atoms with Crippen LogP contribution < -0.4 is 0 Å². The summed E-state index contributed by atoms with van der Waals surface area (Å²) in [4.78, 5) is 0. The third kappa shape index (κ3) is 9.75. The Labute approximate surface area is 54.9 Å². The topological polar surface area (TPSA) is 9.23 Å². The van der Waals surface area contributed by atoms with Crippen LogP contribution in [0.1, 0.15) is 0 Å². The summed E-state index contributed by atoms with van der Waals surface area (Å²) in [5, 5.41) is 0. The van der Waals surface area contributed by atoms with Gasteiger partial charge in [-0.15, -0.1) is 17.4 Å². The smallest absolute Gasteiger partial charge is 0.143 e. The van der Waals surface area contributed by atoms with E-state index in [0.717, 1.165) is 4.18 Å². The van der Waals surface area contributed by atoms with E-state index in [1.54, 1.807) is 0 Å². The van der Waals surface area contributed by atoms with Crippen molar-refractivity contribution in [2.75, 3.05) is 0 Å². The van der Waals surface area contributed by atoms with Gasteiger partial charge in [-0.3, -0.25) is 0 Å². The summed E-state index contributed by atoms with van der Waals surface area (Å²) in [6, 6.07) is 0. The maximum absolute atomic E-state index is 10.8. The highest BCUT2D eigenvalue weighted by Gasteiger charge is 2.71. The molecule has 0 amide bonds. The molecule has 0 aliphatic carbocycles. The minimum atomic E-state index is -10.8. The molecule has 0 saturated carbocycles. The minimum absolute atomic E-state index is 0.785. The average Bonchev–Trinajstić information content (AvgIpc) is 1.05. The molecule has 0 aliphatic heterocycles. The SMILES string of the molecule is FC(F)(F)OS(F)(F)(F)(F)F. The molecule has 11 heavy (non-hydrogen) atoms. The lowest BCUT2D eigenvalue weighted by atomic mass is 11.4. The van der Waals surface area contributed by atoms with Crippen molar-refractivity contribution >= 4 is 10.5 Å². The summed E-state index contributed by atoms with van der Waals surface area (Å²) in [5.41, 5.74) is 0. The van der Waals surface area contributed by atoms with Gasteiger partial charge in [0.1, 0.15) is 0 Å². The van der Waals surface area contributed by atoms with Gasteiger partial charge >= 0.3 is 16.9 Å². The Morgan fingerprint density at radius 1 is 0.818 bits per heavy atom. The van der Waals surface area contributed by atoms with Crippen LogP contribution in [0, 0.1) is 0 Å². The van der Waals surface area contributed by atoms with Crippen molar-refractivity contribution in [2.24, 2.45) is 0 Å². The van der Waals surface area contributed by atoms with Crippen LogP contribution in [0.25, 0.3) is 0 Å². The van der Waals surface area contributed by atoms with Crippen molar-refractivity contribution in [3.63, 3.8) is 0 Å². The zero-order valence-electron chi connectivity index (χ0n) is 4.34. The highest BCUT2D eigenvalue weighted by Crippen LogP contribution is 2.99. The summed E-state index contributed by atoms with van der Waals surface area (Å²) in [6.07, 6.45) is -6.41. The molecule has 0 saturated heterocycles. The molecule has 1 nitrogen and oxygen atoms in total. The normalized spacial score (nSPS) is 20.7. The van der Waals surface area contributed by atoms with Gasteiger partial charge in [-0.1, -0.05) is 19.4 Å². The van der Waals surface area contributed by atoms with Gasteiger partial charge in [-0.2, -0.15) is 0 Å². The molecule has 0 radical (unpaired) electrons. The second kappa shape index (κ2) is 1.58. The van der Waals surface area contributed by atoms with Gasteiger partial charge in [0.2, 0.25) is 0 Å². The third-order valence-corrected chi connectivity index (χ3v) is 0.756. The van der Waals surface area contributed by atoms with E-state index in [-0.39, 0.29) is 0 Å². The van der Waals surface area contributed by atoms with Crippen LogP contribution in [0.15, 0.2) is 0 Å². The monoisotopic (exact) mass is 212 g/mol. The maximum atomic E-state index is 10.8. The van der Waals surface area contributed by atoms with Crippen molar-refractivity contribution < 1.29 is 36.8 Å². The van der Waals surface area contributed by atoms with E-state index in [1.807, 2.05) is 0 Å². The van der Waals surface area contributed by atoms with Crippen molar-refractivity contribution in [3.05, 3.63) is 0 Å². The molecule has 0 aromatic carbocycles. The molecule has 0 fully saturated rings. The van der Waals surface area contributed by atoms with E-state index >= 15 is 0 Å². The quantitative estimate of drug-likeness (QED) is 0.601. The molecular formula is CF8OS. The Balaban J connectivity index is 4.66. The fourth-order valence-electron chi connectivity index (χ4n) is 0.179. The zero-order chi connectivity index (χ0) is 9.62. The molecule has 0 unspecified atom stereocenters. The first kappa shape index (κ1) is 10.8. The summed E-state index contributed by atoms with van der Waals surface area (Å²) in [7, 11) is -10.8. The Kier molecular flexibility index (Phi) is 1.54. The molecule has 0 aromatic rings. The summed E-state index contributed by atoms with van der Waals surface area (Å²) in [6.45, 7) is 0. The first-order chi connectivity index (χ1) is 4.18. The lowest BCUT2D eigenvalue weighted by Crippen LogP contribution is -2.22. The Hall–Kier alpha value is -0.250. The predicted molar refractivity (Wildman–Crippen MR) is 20.3 cm³/mol. The fraction of sp³-hybridized carbons (Fsp3) is 1.00. The van der Waals surface area contributed by atoms with Crippen LogP contribution >= 0.6 is 10.5 Å².